The van der Waals surface area contributed by atoms with E-state index in [0.29, 0.717) is 12.2 Å². The summed E-state index contributed by atoms with van der Waals surface area (Å²) in [4.78, 5) is 0. The number of unbranched alkanes of at least 4 members (excludes halogenated alkanes) is 1. The van der Waals surface area contributed by atoms with Crippen molar-refractivity contribution in [3.05, 3.63) is 24.3 Å². The Bertz CT molecular complexity index is 271. The number of rotatable bonds is 6. The number of hydrogen-bond donors (Lipinski definition) is 1. The van der Waals surface area contributed by atoms with Gasteiger partial charge in [-0.2, -0.15) is 0 Å². The standard InChI is InChI=1S/C12H17FO2/c1-2-3-4-10(13)9-15-12-7-5-11(14)6-8-12/h5-8,10,14H,2-4,9H2,1H3. The second kappa shape index (κ2) is 6.27. The molecule has 1 unspecified atom stereocenters. The van der Waals surface area contributed by atoms with Gasteiger partial charge >= 0.3 is 0 Å². The van der Waals surface area contributed by atoms with E-state index in [0.717, 1.165) is 12.8 Å². The van der Waals surface area contributed by atoms with Gasteiger partial charge in [0, 0.05) is 0 Å². The second-order valence-corrected chi connectivity index (χ2v) is 3.54. The first-order valence-corrected chi connectivity index (χ1v) is 5.28. The van der Waals surface area contributed by atoms with Crippen LogP contribution in [-0.2, 0) is 0 Å². The Balaban J connectivity index is 2.27. The molecule has 15 heavy (non-hydrogen) atoms. The predicted molar refractivity (Wildman–Crippen MR) is 58.0 cm³/mol. The SMILES string of the molecule is CCCCC(F)COc1ccc(O)cc1. The zero-order valence-electron chi connectivity index (χ0n) is 8.95. The third-order valence-corrected chi connectivity index (χ3v) is 2.14. The van der Waals surface area contributed by atoms with Crippen molar-refractivity contribution in [2.45, 2.75) is 32.4 Å². The van der Waals surface area contributed by atoms with Crippen molar-refractivity contribution in [2.24, 2.45) is 0 Å². The monoisotopic (exact) mass is 212 g/mol. The summed E-state index contributed by atoms with van der Waals surface area (Å²) in [7, 11) is 0. The Kier molecular flexibility index (Phi) is 4.95. The predicted octanol–water partition coefficient (Wildman–Crippen LogP) is 3.30. The smallest absolute Gasteiger partial charge is 0.134 e. The van der Waals surface area contributed by atoms with Crippen molar-refractivity contribution < 1.29 is 14.2 Å². The van der Waals surface area contributed by atoms with Gasteiger partial charge in [0.25, 0.3) is 0 Å². The van der Waals surface area contributed by atoms with Gasteiger partial charge in [-0.05, 0) is 30.7 Å². The number of phenolic OH excluding ortho intramolecular Hbond substituents is 1. The fourth-order valence-corrected chi connectivity index (χ4v) is 1.24. The van der Waals surface area contributed by atoms with Gasteiger partial charge < -0.3 is 9.84 Å². The van der Waals surface area contributed by atoms with Crippen molar-refractivity contribution in [3.63, 3.8) is 0 Å². The van der Waals surface area contributed by atoms with E-state index in [4.69, 9.17) is 9.84 Å². The van der Waals surface area contributed by atoms with E-state index in [1.54, 1.807) is 12.1 Å². The summed E-state index contributed by atoms with van der Waals surface area (Å²) in [6, 6.07) is 6.30. The molecule has 0 aromatic heterocycles. The van der Waals surface area contributed by atoms with Crippen LogP contribution in [-0.4, -0.2) is 17.9 Å². The maximum atomic E-state index is 13.2. The van der Waals surface area contributed by atoms with Crippen LogP contribution >= 0.6 is 0 Å². The second-order valence-electron chi connectivity index (χ2n) is 3.54. The average Bonchev–Trinajstić information content (AvgIpc) is 2.25. The lowest BCUT2D eigenvalue weighted by molar-refractivity contribution is 0.184. The van der Waals surface area contributed by atoms with Gasteiger partial charge in [0.15, 0.2) is 0 Å². The third-order valence-electron chi connectivity index (χ3n) is 2.14. The highest BCUT2D eigenvalue weighted by atomic mass is 19.1. The normalized spacial score (nSPS) is 12.4. The molecule has 0 aliphatic rings. The number of halogens is 1. The number of phenols is 1. The first kappa shape index (κ1) is 11.8. The lowest BCUT2D eigenvalue weighted by Gasteiger charge is -2.09. The topological polar surface area (TPSA) is 29.5 Å². The molecule has 2 nitrogen and oxygen atoms in total. The van der Waals surface area contributed by atoms with Gasteiger partial charge in [0.05, 0.1) is 0 Å². The van der Waals surface area contributed by atoms with Crippen molar-refractivity contribution in [1.29, 1.82) is 0 Å². The van der Waals surface area contributed by atoms with Gasteiger partial charge in [-0.25, -0.2) is 4.39 Å². The molecule has 0 radical (unpaired) electrons. The summed E-state index contributed by atoms with van der Waals surface area (Å²) in [6.45, 7) is 2.12. The van der Waals surface area contributed by atoms with Crippen LogP contribution in [0.15, 0.2) is 24.3 Å². The van der Waals surface area contributed by atoms with E-state index in [-0.39, 0.29) is 12.4 Å². The summed E-state index contributed by atoms with van der Waals surface area (Å²) in [6.07, 6.45) is 1.53. The minimum atomic E-state index is -0.904. The molecule has 1 atom stereocenters. The quantitative estimate of drug-likeness (QED) is 0.784. The number of aromatic hydroxyl groups is 1. The van der Waals surface area contributed by atoms with E-state index >= 15 is 0 Å². The van der Waals surface area contributed by atoms with Crippen LogP contribution in [0.2, 0.25) is 0 Å². The molecule has 0 saturated heterocycles. The fourth-order valence-electron chi connectivity index (χ4n) is 1.24. The van der Waals surface area contributed by atoms with E-state index in [9.17, 15) is 4.39 Å². The van der Waals surface area contributed by atoms with E-state index in [1.165, 1.54) is 12.1 Å². The first-order valence-electron chi connectivity index (χ1n) is 5.28. The van der Waals surface area contributed by atoms with Gasteiger partial charge in [-0.15, -0.1) is 0 Å². The van der Waals surface area contributed by atoms with Crippen LogP contribution in [0.25, 0.3) is 0 Å². The Morgan fingerprint density at radius 2 is 2.00 bits per heavy atom. The van der Waals surface area contributed by atoms with Crippen LogP contribution in [0.1, 0.15) is 26.2 Å². The maximum Gasteiger partial charge on any atom is 0.134 e. The van der Waals surface area contributed by atoms with Crippen LogP contribution in [0.4, 0.5) is 4.39 Å². The van der Waals surface area contributed by atoms with Crippen molar-refractivity contribution in [1.82, 2.24) is 0 Å². The summed E-state index contributed by atoms with van der Waals surface area (Å²) < 4.78 is 18.4. The summed E-state index contributed by atoms with van der Waals surface area (Å²) in [5, 5.41) is 9.02. The lowest BCUT2D eigenvalue weighted by atomic mass is 10.2. The molecule has 84 valence electrons. The summed E-state index contributed by atoms with van der Waals surface area (Å²) in [5.74, 6) is 0.775. The van der Waals surface area contributed by atoms with Crippen molar-refractivity contribution in [2.75, 3.05) is 6.61 Å². The molecule has 1 rings (SSSR count). The van der Waals surface area contributed by atoms with E-state index in [2.05, 4.69) is 0 Å². The van der Waals surface area contributed by atoms with Gasteiger partial charge in [-0.1, -0.05) is 19.8 Å². The molecule has 0 aliphatic carbocycles. The molecule has 0 fully saturated rings. The van der Waals surface area contributed by atoms with Crippen LogP contribution < -0.4 is 4.74 Å². The molecule has 3 heteroatoms. The summed E-state index contributed by atoms with van der Waals surface area (Å²) in [5.41, 5.74) is 0. The molecule has 1 aromatic carbocycles. The molecular formula is C12H17FO2. The van der Waals surface area contributed by atoms with Crippen molar-refractivity contribution >= 4 is 0 Å². The first-order chi connectivity index (χ1) is 7.22. The minimum Gasteiger partial charge on any atom is -0.508 e. The van der Waals surface area contributed by atoms with Crippen molar-refractivity contribution in [3.8, 4) is 11.5 Å². The largest absolute Gasteiger partial charge is 0.508 e. The molecule has 0 amide bonds. The number of ether oxygens (including phenoxy) is 1. The molecule has 0 bridgehead atoms. The Morgan fingerprint density at radius 3 is 2.60 bits per heavy atom. The molecular weight excluding hydrogens is 195 g/mol. The van der Waals surface area contributed by atoms with Gasteiger partial charge in [0.2, 0.25) is 0 Å². The molecule has 1 aromatic rings. The highest BCUT2D eigenvalue weighted by Gasteiger charge is 2.06. The Hall–Kier alpha value is -1.25. The average molecular weight is 212 g/mol. The van der Waals surface area contributed by atoms with E-state index in [1.807, 2.05) is 6.92 Å². The Labute approximate surface area is 89.7 Å². The number of alkyl halides is 1. The molecule has 0 saturated carbocycles. The third kappa shape index (κ3) is 4.68. The van der Waals surface area contributed by atoms with Crippen LogP contribution in [0, 0.1) is 0 Å². The highest BCUT2D eigenvalue weighted by Crippen LogP contribution is 2.16. The minimum absolute atomic E-state index is 0.0881. The zero-order chi connectivity index (χ0) is 11.1. The molecule has 0 heterocycles. The van der Waals surface area contributed by atoms with Gasteiger partial charge in [-0.3, -0.25) is 0 Å². The summed E-state index contributed by atoms with van der Waals surface area (Å²) >= 11 is 0. The van der Waals surface area contributed by atoms with Gasteiger partial charge in [0.1, 0.15) is 24.3 Å². The zero-order valence-corrected chi connectivity index (χ0v) is 8.95. The van der Waals surface area contributed by atoms with Crippen LogP contribution in [0.3, 0.4) is 0 Å². The lowest BCUT2D eigenvalue weighted by Crippen LogP contribution is -2.12. The Morgan fingerprint density at radius 1 is 1.33 bits per heavy atom. The molecule has 1 N–H and O–H groups in total. The van der Waals surface area contributed by atoms with Crippen LogP contribution in [0.5, 0.6) is 11.5 Å². The van der Waals surface area contributed by atoms with E-state index < -0.39 is 6.17 Å². The maximum absolute atomic E-state index is 13.2. The number of benzene rings is 1. The number of hydrogen-bond acceptors (Lipinski definition) is 2. The molecule has 0 spiro atoms. The highest BCUT2D eigenvalue weighted by molar-refractivity contribution is 5.30. The molecule has 0 aliphatic heterocycles. The fraction of sp³-hybridized carbons (Fsp3) is 0.500.